The van der Waals surface area contributed by atoms with Gasteiger partial charge in [0, 0.05) is 55.4 Å². The summed E-state index contributed by atoms with van der Waals surface area (Å²) in [5.41, 5.74) is 1.28. The van der Waals surface area contributed by atoms with E-state index in [-0.39, 0.29) is 42.1 Å². The van der Waals surface area contributed by atoms with Crippen LogP contribution in [0.3, 0.4) is 0 Å². The van der Waals surface area contributed by atoms with E-state index in [0.717, 1.165) is 12.1 Å². The van der Waals surface area contributed by atoms with Gasteiger partial charge in [-0.15, -0.1) is 0 Å². The molecule has 35 heavy (non-hydrogen) atoms. The highest BCUT2D eigenvalue weighted by Crippen LogP contribution is 2.29. The second-order valence-corrected chi connectivity index (χ2v) is 9.49. The van der Waals surface area contributed by atoms with E-state index in [9.17, 15) is 14.4 Å². The number of aromatic nitrogens is 1. The molecule has 10 heteroatoms. The van der Waals surface area contributed by atoms with E-state index in [1.165, 1.54) is 6.07 Å². The maximum Gasteiger partial charge on any atom is 0.255 e. The van der Waals surface area contributed by atoms with Crippen LogP contribution in [0.4, 0.5) is 5.69 Å². The van der Waals surface area contributed by atoms with Gasteiger partial charge in [0.25, 0.3) is 5.91 Å². The lowest BCUT2D eigenvalue weighted by molar-refractivity contribution is -0.127. The monoisotopic (exact) mass is 514 g/mol. The third-order valence-electron chi connectivity index (χ3n) is 6.49. The van der Waals surface area contributed by atoms with E-state index in [1.807, 2.05) is 17.0 Å². The van der Waals surface area contributed by atoms with Crippen molar-refractivity contribution in [3.05, 3.63) is 74.5 Å². The van der Waals surface area contributed by atoms with Gasteiger partial charge >= 0.3 is 0 Å². The number of nitrogens with one attached hydrogen (secondary N) is 2. The molecule has 2 fully saturated rings. The topological polar surface area (TPSA) is 94.7 Å². The zero-order valence-corrected chi connectivity index (χ0v) is 20.3. The van der Waals surface area contributed by atoms with Gasteiger partial charge in [-0.25, -0.2) is 0 Å². The summed E-state index contributed by atoms with van der Waals surface area (Å²) >= 11 is 12.3. The number of amides is 2. The lowest BCUT2D eigenvalue weighted by Crippen LogP contribution is -2.61. The number of aromatic amines is 1. The standard InChI is InChI=1S/C25H24Cl2N4O4/c26-19-6-5-15(11-20(19)27)30-8-9-31(22(14-30)24(33)28-13-16-7-10-35-16)25(34)18-12-23(32)29-21-4-2-1-3-17(18)21/h1-6,11-12,16,22H,7-10,13-14H2,(H,28,33)(H,29,32). The molecular formula is C25H24Cl2N4O4. The minimum absolute atomic E-state index is 0.00510. The van der Waals surface area contributed by atoms with Crippen molar-refractivity contribution in [3.8, 4) is 0 Å². The van der Waals surface area contributed by atoms with Crippen LogP contribution in [0.5, 0.6) is 0 Å². The Morgan fingerprint density at radius 2 is 1.89 bits per heavy atom. The molecule has 2 amide bonds. The first-order valence-electron chi connectivity index (χ1n) is 11.4. The zero-order valence-electron chi connectivity index (χ0n) is 18.8. The average Bonchev–Trinajstić information content (AvgIpc) is 2.83. The lowest BCUT2D eigenvalue weighted by atomic mass is 10.0. The average molecular weight is 515 g/mol. The van der Waals surface area contributed by atoms with Crippen LogP contribution in [0.2, 0.25) is 10.0 Å². The Bertz CT molecular complexity index is 1340. The Kier molecular flexibility index (Phi) is 6.69. The van der Waals surface area contributed by atoms with Crippen LogP contribution in [-0.4, -0.2) is 66.6 Å². The predicted octanol–water partition coefficient (Wildman–Crippen LogP) is 3.07. The van der Waals surface area contributed by atoms with Crippen LogP contribution in [-0.2, 0) is 9.53 Å². The normalized spacial score (nSPS) is 19.9. The first kappa shape index (κ1) is 23.7. The number of para-hydroxylation sites is 1. The van der Waals surface area contributed by atoms with Crippen LogP contribution in [0, 0.1) is 0 Å². The van der Waals surface area contributed by atoms with Crippen molar-refractivity contribution in [3.63, 3.8) is 0 Å². The van der Waals surface area contributed by atoms with E-state index < -0.39 is 6.04 Å². The maximum absolute atomic E-state index is 13.7. The molecule has 8 nitrogen and oxygen atoms in total. The lowest BCUT2D eigenvalue weighted by Gasteiger charge is -2.42. The molecule has 0 saturated carbocycles. The van der Waals surface area contributed by atoms with E-state index in [2.05, 4.69) is 10.3 Å². The Labute approximate surface area is 211 Å². The van der Waals surface area contributed by atoms with Gasteiger partial charge in [-0.3, -0.25) is 14.4 Å². The fourth-order valence-corrected chi connectivity index (χ4v) is 4.77. The van der Waals surface area contributed by atoms with Crippen LogP contribution < -0.4 is 15.8 Å². The number of fused-ring (bicyclic) bond motifs is 1. The molecule has 5 rings (SSSR count). The third kappa shape index (κ3) is 4.87. The van der Waals surface area contributed by atoms with Gasteiger partial charge in [-0.05, 0) is 30.7 Å². The number of hydrogen-bond donors (Lipinski definition) is 2. The Hall–Kier alpha value is -3.07. The molecule has 2 N–H and O–H groups in total. The molecule has 2 aliphatic rings. The van der Waals surface area contributed by atoms with Crippen molar-refractivity contribution in [2.45, 2.75) is 18.6 Å². The second-order valence-electron chi connectivity index (χ2n) is 8.68. The number of ether oxygens (including phenoxy) is 1. The Balaban J connectivity index is 1.45. The van der Waals surface area contributed by atoms with Gasteiger partial charge < -0.3 is 24.8 Å². The molecule has 2 aliphatic heterocycles. The number of piperazine rings is 1. The maximum atomic E-state index is 13.7. The predicted molar refractivity (Wildman–Crippen MR) is 135 cm³/mol. The summed E-state index contributed by atoms with van der Waals surface area (Å²) in [6, 6.07) is 13.0. The minimum Gasteiger partial charge on any atom is -0.376 e. The molecular weight excluding hydrogens is 491 g/mol. The summed E-state index contributed by atoms with van der Waals surface area (Å²) in [5.74, 6) is -0.631. The van der Waals surface area contributed by atoms with E-state index >= 15 is 0 Å². The van der Waals surface area contributed by atoms with Crippen LogP contribution >= 0.6 is 23.2 Å². The van der Waals surface area contributed by atoms with Crippen molar-refractivity contribution >= 4 is 51.6 Å². The number of pyridine rings is 1. The molecule has 0 aliphatic carbocycles. The second kappa shape index (κ2) is 9.89. The van der Waals surface area contributed by atoms with Crippen LogP contribution in [0.15, 0.2) is 53.3 Å². The van der Waals surface area contributed by atoms with Crippen molar-refractivity contribution in [2.75, 3.05) is 37.7 Å². The highest BCUT2D eigenvalue weighted by molar-refractivity contribution is 6.42. The number of benzene rings is 2. The summed E-state index contributed by atoms with van der Waals surface area (Å²) in [5, 5.41) is 4.42. The fourth-order valence-electron chi connectivity index (χ4n) is 4.48. The van der Waals surface area contributed by atoms with E-state index in [1.54, 1.807) is 35.2 Å². The van der Waals surface area contributed by atoms with Crippen LogP contribution in [0.1, 0.15) is 16.8 Å². The molecule has 2 saturated heterocycles. The summed E-state index contributed by atoms with van der Waals surface area (Å²) in [6.07, 6.45) is 0.886. The number of halogens is 2. The molecule has 3 heterocycles. The van der Waals surface area contributed by atoms with E-state index in [0.29, 0.717) is 40.6 Å². The number of rotatable bonds is 5. The molecule has 0 bridgehead atoms. The number of carbonyl (C=O) groups excluding carboxylic acids is 2. The SMILES string of the molecule is O=C(NCC1CCO1)C1CN(c2ccc(Cl)c(Cl)c2)CCN1C(=O)c1cc(=O)[nH]c2ccccc12. The van der Waals surface area contributed by atoms with Gasteiger partial charge in [-0.2, -0.15) is 0 Å². The largest absolute Gasteiger partial charge is 0.376 e. The fraction of sp³-hybridized carbons (Fsp3) is 0.320. The van der Waals surface area contributed by atoms with E-state index in [4.69, 9.17) is 27.9 Å². The van der Waals surface area contributed by atoms with Crippen molar-refractivity contribution in [1.82, 2.24) is 15.2 Å². The van der Waals surface area contributed by atoms with Crippen molar-refractivity contribution in [2.24, 2.45) is 0 Å². The number of anilines is 1. The summed E-state index contributed by atoms with van der Waals surface area (Å²) in [7, 11) is 0. The molecule has 2 atom stereocenters. The zero-order chi connectivity index (χ0) is 24.5. The van der Waals surface area contributed by atoms with Gasteiger partial charge in [-0.1, -0.05) is 41.4 Å². The highest BCUT2D eigenvalue weighted by Gasteiger charge is 2.37. The van der Waals surface area contributed by atoms with Gasteiger partial charge in [0.15, 0.2) is 0 Å². The summed E-state index contributed by atoms with van der Waals surface area (Å²) < 4.78 is 5.42. The number of carbonyl (C=O) groups is 2. The number of H-pyrrole nitrogens is 1. The Morgan fingerprint density at radius 1 is 1.09 bits per heavy atom. The molecule has 182 valence electrons. The van der Waals surface area contributed by atoms with Gasteiger partial charge in [0.05, 0.1) is 21.7 Å². The first-order valence-corrected chi connectivity index (χ1v) is 12.2. The number of hydrogen-bond acceptors (Lipinski definition) is 5. The van der Waals surface area contributed by atoms with Gasteiger partial charge in [0.1, 0.15) is 6.04 Å². The minimum atomic E-state index is -0.774. The van der Waals surface area contributed by atoms with Crippen molar-refractivity contribution < 1.29 is 14.3 Å². The van der Waals surface area contributed by atoms with Crippen LogP contribution in [0.25, 0.3) is 10.9 Å². The molecule has 2 unspecified atom stereocenters. The number of nitrogens with zero attached hydrogens (tertiary/aromatic N) is 2. The molecule has 0 radical (unpaired) electrons. The van der Waals surface area contributed by atoms with Gasteiger partial charge in [0.2, 0.25) is 11.5 Å². The first-order chi connectivity index (χ1) is 16.9. The summed E-state index contributed by atoms with van der Waals surface area (Å²) in [6.45, 7) is 2.12. The smallest absolute Gasteiger partial charge is 0.255 e. The van der Waals surface area contributed by atoms with Crippen molar-refractivity contribution in [1.29, 1.82) is 0 Å². The molecule has 3 aromatic rings. The molecule has 1 aromatic heterocycles. The highest BCUT2D eigenvalue weighted by atomic mass is 35.5. The molecule has 2 aromatic carbocycles. The third-order valence-corrected chi connectivity index (χ3v) is 7.23. The quantitative estimate of drug-likeness (QED) is 0.545. The molecule has 0 spiro atoms. The Morgan fingerprint density at radius 3 is 2.63 bits per heavy atom. The summed E-state index contributed by atoms with van der Waals surface area (Å²) in [4.78, 5) is 45.6.